The lowest BCUT2D eigenvalue weighted by atomic mass is 10.4. The van der Waals surface area contributed by atoms with Crippen molar-refractivity contribution >= 4 is 6.08 Å². The Hall–Kier alpha value is -1.88. The molecule has 2 aromatic rings. The lowest BCUT2D eigenvalue weighted by Crippen LogP contribution is -2.20. The lowest BCUT2D eigenvalue weighted by Gasteiger charge is -2.00. The van der Waals surface area contributed by atoms with Crippen LogP contribution in [0.1, 0.15) is 5.76 Å². The Morgan fingerprint density at radius 1 is 1.50 bits per heavy atom. The summed E-state index contributed by atoms with van der Waals surface area (Å²) in [5.74, 6) is 0.873. The fourth-order valence-electron chi connectivity index (χ4n) is 1.29. The first-order chi connectivity index (χ1) is 7.95. The van der Waals surface area contributed by atoms with E-state index in [1.807, 2.05) is 30.5 Å². The molecule has 0 aliphatic carbocycles. The van der Waals surface area contributed by atoms with E-state index in [-0.39, 0.29) is 0 Å². The molecule has 0 aliphatic heterocycles. The van der Waals surface area contributed by atoms with Crippen LogP contribution in [0.3, 0.4) is 0 Å². The van der Waals surface area contributed by atoms with Crippen molar-refractivity contribution in [2.45, 2.75) is 6.54 Å². The van der Waals surface area contributed by atoms with Gasteiger partial charge in [0.2, 0.25) is 0 Å². The van der Waals surface area contributed by atoms with E-state index in [0.717, 1.165) is 25.4 Å². The van der Waals surface area contributed by atoms with Crippen molar-refractivity contribution in [2.75, 3.05) is 13.1 Å². The zero-order chi connectivity index (χ0) is 11.1. The Labute approximate surface area is 93.8 Å². The number of hydrogen-bond acceptors (Lipinski definition) is 4. The minimum absolute atomic E-state index is 0.815. The first-order valence-corrected chi connectivity index (χ1v) is 5.20. The molecular weight excluding hydrogens is 204 g/mol. The molecule has 0 spiro atoms. The minimum atomic E-state index is 0.815. The van der Waals surface area contributed by atoms with Crippen LogP contribution in [0.2, 0.25) is 0 Å². The van der Waals surface area contributed by atoms with E-state index < -0.39 is 0 Å². The van der Waals surface area contributed by atoms with Crippen LogP contribution in [0.5, 0.6) is 0 Å². The van der Waals surface area contributed by atoms with Gasteiger partial charge in [-0.25, -0.2) is 0 Å². The minimum Gasteiger partial charge on any atom is -0.465 e. The molecule has 0 saturated heterocycles. The van der Waals surface area contributed by atoms with Gasteiger partial charge >= 0.3 is 0 Å². The zero-order valence-electron chi connectivity index (χ0n) is 8.91. The molecule has 1 N–H and O–H groups in total. The topological polar surface area (TPSA) is 55.9 Å². The van der Waals surface area contributed by atoms with Crippen molar-refractivity contribution < 1.29 is 4.42 Å². The summed E-state index contributed by atoms with van der Waals surface area (Å²) in [6, 6.07) is 3.80. The molecule has 0 aromatic carbocycles. The summed E-state index contributed by atoms with van der Waals surface area (Å²) in [6.07, 6.45) is 9.16. The number of aromatic nitrogens is 3. The Kier molecular flexibility index (Phi) is 3.90. The molecule has 84 valence electrons. The van der Waals surface area contributed by atoms with E-state index in [4.69, 9.17) is 4.42 Å². The molecule has 2 aromatic heterocycles. The van der Waals surface area contributed by atoms with Crippen LogP contribution in [0.15, 0.2) is 41.3 Å². The second-order valence-electron chi connectivity index (χ2n) is 3.29. The third-order valence-corrected chi connectivity index (χ3v) is 2.08. The molecular formula is C11H14N4O. The van der Waals surface area contributed by atoms with E-state index in [2.05, 4.69) is 15.6 Å². The fourth-order valence-corrected chi connectivity index (χ4v) is 1.29. The first kappa shape index (κ1) is 10.6. The van der Waals surface area contributed by atoms with Gasteiger partial charge in [0.15, 0.2) is 0 Å². The Morgan fingerprint density at radius 3 is 3.25 bits per heavy atom. The smallest absolute Gasteiger partial charge is 0.126 e. The van der Waals surface area contributed by atoms with Crippen LogP contribution >= 0.6 is 0 Å². The van der Waals surface area contributed by atoms with Gasteiger partial charge in [-0.15, -0.1) is 5.10 Å². The number of nitrogens with zero attached hydrogens (tertiary/aromatic N) is 3. The predicted molar refractivity (Wildman–Crippen MR) is 60.6 cm³/mol. The molecule has 5 heteroatoms. The standard InChI is InChI=1S/C11H14N4O/c1(3-11-4-2-10-16-11)5-12-6-8-15-9-7-13-14-15/h1-4,7,9-10,12H,5-6,8H2/b3-1+. The summed E-state index contributed by atoms with van der Waals surface area (Å²) < 4.78 is 6.96. The van der Waals surface area contributed by atoms with Crippen molar-refractivity contribution in [1.29, 1.82) is 0 Å². The Balaban J connectivity index is 1.59. The third-order valence-electron chi connectivity index (χ3n) is 2.08. The second kappa shape index (κ2) is 5.87. The molecule has 0 amide bonds. The maximum Gasteiger partial charge on any atom is 0.126 e. The van der Waals surface area contributed by atoms with Gasteiger partial charge in [-0.1, -0.05) is 11.3 Å². The van der Waals surface area contributed by atoms with Crippen molar-refractivity contribution in [2.24, 2.45) is 0 Å². The van der Waals surface area contributed by atoms with Gasteiger partial charge in [0.05, 0.1) is 19.0 Å². The number of hydrogen-bond donors (Lipinski definition) is 1. The van der Waals surface area contributed by atoms with E-state index in [9.17, 15) is 0 Å². The summed E-state index contributed by atoms with van der Waals surface area (Å²) in [7, 11) is 0. The van der Waals surface area contributed by atoms with Crippen LogP contribution in [0, 0.1) is 0 Å². The molecule has 2 rings (SSSR count). The molecule has 2 heterocycles. The van der Waals surface area contributed by atoms with Gasteiger partial charge in [0, 0.05) is 19.3 Å². The molecule has 0 bridgehead atoms. The predicted octanol–water partition coefficient (Wildman–Crippen LogP) is 1.17. The normalized spacial score (nSPS) is 11.2. The molecule has 0 unspecified atom stereocenters. The highest BCUT2D eigenvalue weighted by Gasteiger charge is 1.90. The van der Waals surface area contributed by atoms with Gasteiger partial charge in [-0.05, 0) is 18.2 Å². The average molecular weight is 218 g/mol. The monoisotopic (exact) mass is 218 g/mol. The summed E-state index contributed by atoms with van der Waals surface area (Å²) in [4.78, 5) is 0. The molecule has 5 nitrogen and oxygen atoms in total. The number of furan rings is 1. The van der Waals surface area contributed by atoms with Crippen LogP contribution in [0.4, 0.5) is 0 Å². The largest absolute Gasteiger partial charge is 0.465 e. The Morgan fingerprint density at radius 2 is 2.50 bits per heavy atom. The van der Waals surface area contributed by atoms with Crippen LogP contribution in [-0.2, 0) is 6.54 Å². The van der Waals surface area contributed by atoms with Crippen LogP contribution < -0.4 is 5.32 Å². The highest BCUT2D eigenvalue weighted by molar-refractivity contribution is 5.42. The highest BCUT2D eigenvalue weighted by atomic mass is 16.3. The van der Waals surface area contributed by atoms with Gasteiger partial charge in [0.25, 0.3) is 0 Å². The number of rotatable bonds is 6. The number of nitrogens with one attached hydrogen (secondary N) is 1. The highest BCUT2D eigenvalue weighted by Crippen LogP contribution is 2.01. The SMILES string of the molecule is C(=C\c1ccco1)/CNCCn1ccnn1. The first-order valence-electron chi connectivity index (χ1n) is 5.20. The van der Waals surface area contributed by atoms with Crippen molar-refractivity contribution in [1.82, 2.24) is 20.3 Å². The molecule has 0 aliphatic rings. The molecule has 0 radical (unpaired) electrons. The van der Waals surface area contributed by atoms with Gasteiger partial charge in [-0.3, -0.25) is 4.68 Å². The van der Waals surface area contributed by atoms with Crippen LogP contribution in [-0.4, -0.2) is 28.1 Å². The molecule has 0 atom stereocenters. The van der Waals surface area contributed by atoms with E-state index >= 15 is 0 Å². The fraction of sp³-hybridized carbons (Fsp3) is 0.273. The third kappa shape index (κ3) is 3.36. The summed E-state index contributed by atoms with van der Waals surface area (Å²) >= 11 is 0. The van der Waals surface area contributed by atoms with E-state index in [0.29, 0.717) is 0 Å². The van der Waals surface area contributed by atoms with Crippen molar-refractivity contribution in [3.8, 4) is 0 Å². The molecule has 0 saturated carbocycles. The Bertz CT molecular complexity index is 405. The lowest BCUT2D eigenvalue weighted by molar-refractivity contribution is 0.552. The zero-order valence-corrected chi connectivity index (χ0v) is 8.91. The summed E-state index contributed by atoms with van der Waals surface area (Å²) in [5.41, 5.74) is 0. The maximum atomic E-state index is 5.16. The quantitative estimate of drug-likeness (QED) is 0.739. The second-order valence-corrected chi connectivity index (χ2v) is 3.29. The molecule has 0 fully saturated rings. The van der Waals surface area contributed by atoms with Gasteiger partial charge in [-0.2, -0.15) is 0 Å². The van der Waals surface area contributed by atoms with E-state index in [1.54, 1.807) is 17.1 Å². The van der Waals surface area contributed by atoms with Gasteiger partial charge in [0.1, 0.15) is 5.76 Å². The maximum absolute atomic E-state index is 5.16. The molecule has 16 heavy (non-hydrogen) atoms. The van der Waals surface area contributed by atoms with Gasteiger partial charge < -0.3 is 9.73 Å². The van der Waals surface area contributed by atoms with Crippen molar-refractivity contribution in [3.63, 3.8) is 0 Å². The van der Waals surface area contributed by atoms with Crippen LogP contribution in [0.25, 0.3) is 6.08 Å². The van der Waals surface area contributed by atoms with Crippen molar-refractivity contribution in [3.05, 3.63) is 42.6 Å². The average Bonchev–Trinajstić information content (AvgIpc) is 2.96. The summed E-state index contributed by atoms with van der Waals surface area (Å²) in [6.45, 7) is 2.51. The summed E-state index contributed by atoms with van der Waals surface area (Å²) in [5, 5.41) is 10.9. The van der Waals surface area contributed by atoms with E-state index in [1.165, 1.54) is 0 Å².